The summed E-state index contributed by atoms with van der Waals surface area (Å²) in [5, 5.41) is 3.64. The molecule has 0 saturated carbocycles. The first kappa shape index (κ1) is 33.0. The summed E-state index contributed by atoms with van der Waals surface area (Å²) in [5.74, 6) is -0.997. The van der Waals surface area contributed by atoms with Crippen molar-refractivity contribution in [1.82, 2.24) is 10.2 Å². The van der Waals surface area contributed by atoms with Gasteiger partial charge in [-0.3, -0.25) is 13.9 Å². The molecule has 41 heavy (non-hydrogen) atoms. The monoisotopic (exact) mass is 657 g/mol. The summed E-state index contributed by atoms with van der Waals surface area (Å²) in [4.78, 5) is 28.6. The normalized spacial score (nSPS) is 12.1. The molecule has 0 bridgehead atoms. The van der Waals surface area contributed by atoms with Gasteiger partial charge in [-0.05, 0) is 61.7 Å². The van der Waals surface area contributed by atoms with Crippen molar-refractivity contribution in [3.05, 3.63) is 91.9 Å². The van der Waals surface area contributed by atoms with Crippen LogP contribution in [0.1, 0.15) is 37.8 Å². The summed E-state index contributed by atoms with van der Waals surface area (Å²) in [5.41, 5.74) is 1.43. The minimum atomic E-state index is -4.29. The van der Waals surface area contributed by atoms with E-state index in [1.54, 1.807) is 43.3 Å². The molecule has 2 amide bonds. The second-order valence-electron chi connectivity index (χ2n) is 9.37. The van der Waals surface area contributed by atoms with Gasteiger partial charge in [0.05, 0.1) is 20.6 Å². The zero-order valence-corrected chi connectivity index (χ0v) is 26.7. The minimum absolute atomic E-state index is 0.0287. The lowest BCUT2D eigenvalue weighted by molar-refractivity contribution is -0.140. The lowest BCUT2D eigenvalue weighted by atomic mass is 10.1. The lowest BCUT2D eigenvalue weighted by Crippen LogP contribution is -2.52. The zero-order valence-electron chi connectivity index (χ0n) is 22.8. The Morgan fingerprint density at radius 2 is 1.61 bits per heavy atom. The predicted molar refractivity (Wildman–Crippen MR) is 167 cm³/mol. The molecule has 3 rings (SSSR count). The highest BCUT2D eigenvalue weighted by molar-refractivity contribution is 7.92. The summed E-state index contributed by atoms with van der Waals surface area (Å²) < 4.78 is 28.9. The van der Waals surface area contributed by atoms with Gasteiger partial charge in [-0.15, -0.1) is 0 Å². The maximum absolute atomic E-state index is 14.1. The third kappa shape index (κ3) is 8.08. The van der Waals surface area contributed by atoms with Crippen molar-refractivity contribution in [2.24, 2.45) is 0 Å². The third-order valence-electron chi connectivity index (χ3n) is 6.38. The Bertz CT molecular complexity index is 1500. The van der Waals surface area contributed by atoms with E-state index >= 15 is 0 Å². The molecule has 1 N–H and O–H groups in total. The molecule has 0 aliphatic rings. The van der Waals surface area contributed by atoms with E-state index in [1.165, 1.54) is 29.2 Å². The van der Waals surface area contributed by atoms with Gasteiger partial charge in [0, 0.05) is 23.1 Å². The lowest BCUT2D eigenvalue weighted by Gasteiger charge is -2.33. The van der Waals surface area contributed by atoms with Gasteiger partial charge in [-0.1, -0.05) is 90.1 Å². The largest absolute Gasteiger partial charge is 0.354 e. The molecule has 0 heterocycles. The van der Waals surface area contributed by atoms with E-state index in [9.17, 15) is 18.0 Å². The van der Waals surface area contributed by atoms with E-state index < -0.39 is 28.5 Å². The molecule has 1 unspecified atom stereocenters. The van der Waals surface area contributed by atoms with Crippen molar-refractivity contribution in [3.63, 3.8) is 0 Å². The molecule has 0 radical (unpaired) electrons. The minimum Gasteiger partial charge on any atom is -0.354 e. The molecule has 0 saturated heterocycles. The van der Waals surface area contributed by atoms with Gasteiger partial charge in [0.1, 0.15) is 12.6 Å². The number of nitrogens with one attached hydrogen (secondary N) is 1. The number of hydrogen-bond donors (Lipinski definition) is 1. The molecule has 0 fully saturated rings. The quantitative estimate of drug-likeness (QED) is 0.224. The summed E-state index contributed by atoms with van der Waals surface area (Å²) in [6.07, 6.45) is 0.976. The van der Waals surface area contributed by atoms with Gasteiger partial charge in [0.15, 0.2) is 0 Å². The van der Waals surface area contributed by atoms with Gasteiger partial charge >= 0.3 is 0 Å². The fourth-order valence-electron chi connectivity index (χ4n) is 4.15. The standard InChI is InChI=1S/C29H31Cl4N3O4S/c1-4-15-34-29(38)25(5-2)35(17-20-11-12-21(30)16-24(20)32)27(37)18-36(26-8-6-7-23(31)28(26)33)41(39,40)22-13-9-19(3)10-14-22/h6-14,16,25H,4-5,15,17-18H2,1-3H3,(H,34,38). The summed E-state index contributed by atoms with van der Waals surface area (Å²) in [7, 11) is -4.29. The van der Waals surface area contributed by atoms with Crippen molar-refractivity contribution in [1.29, 1.82) is 0 Å². The first-order chi connectivity index (χ1) is 19.4. The highest BCUT2D eigenvalue weighted by Crippen LogP contribution is 2.36. The first-order valence-corrected chi connectivity index (χ1v) is 15.9. The number of amides is 2. The van der Waals surface area contributed by atoms with E-state index in [1.807, 2.05) is 13.8 Å². The first-order valence-electron chi connectivity index (χ1n) is 12.9. The summed E-state index contributed by atoms with van der Waals surface area (Å²) in [6, 6.07) is 14.7. The Balaban J connectivity index is 2.12. The molecule has 0 aliphatic heterocycles. The van der Waals surface area contributed by atoms with Crippen LogP contribution in [0.5, 0.6) is 0 Å². The molecule has 12 heteroatoms. The topological polar surface area (TPSA) is 86.8 Å². The number of carbonyl (C=O) groups is 2. The average Bonchev–Trinajstić information content (AvgIpc) is 2.93. The van der Waals surface area contributed by atoms with Gasteiger partial charge in [-0.25, -0.2) is 8.42 Å². The number of carbonyl (C=O) groups excluding carboxylic acids is 2. The second kappa shape index (κ2) is 14.6. The molecule has 1 atom stereocenters. The van der Waals surface area contributed by atoms with Crippen LogP contribution in [0.4, 0.5) is 5.69 Å². The number of benzene rings is 3. The van der Waals surface area contributed by atoms with Crippen LogP contribution in [0, 0.1) is 6.92 Å². The Labute approximate surface area is 261 Å². The van der Waals surface area contributed by atoms with E-state index in [-0.39, 0.29) is 39.5 Å². The van der Waals surface area contributed by atoms with Crippen LogP contribution in [-0.2, 0) is 26.2 Å². The number of nitrogens with zero attached hydrogens (tertiary/aromatic N) is 2. The van der Waals surface area contributed by atoms with E-state index in [0.717, 1.165) is 9.87 Å². The number of rotatable bonds is 12. The molecule has 0 spiro atoms. The van der Waals surface area contributed by atoms with Crippen molar-refractivity contribution >= 4 is 73.9 Å². The van der Waals surface area contributed by atoms with E-state index in [2.05, 4.69) is 5.32 Å². The fourth-order valence-corrected chi connectivity index (χ4v) is 6.50. The van der Waals surface area contributed by atoms with Crippen LogP contribution in [-0.4, -0.2) is 44.3 Å². The summed E-state index contributed by atoms with van der Waals surface area (Å²) in [6.45, 7) is 5.23. The second-order valence-corrected chi connectivity index (χ2v) is 12.9. The van der Waals surface area contributed by atoms with Crippen molar-refractivity contribution < 1.29 is 18.0 Å². The maximum atomic E-state index is 14.1. The van der Waals surface area contributed by atoms with Crippen LogP contribution in [0.25, 0.3) is 0 Å². The van der Waals surface area contributed by atoms with Crippen LogP contribution in [0.15, 0.2) is 65.6 Å². The van der Waals surface area contributed by atoms with Crippen LogP contribution < -0.4 is 9.62 Å². The SMILES string of the molecule is CCCNC(=O)C(CC)N(Cc1ccc(Cl)cc1Cl)C(=O)CN(c1cccc(Cl)c1Cl)S(=O)(=O)c1ccc(C)cc1. The fraction of sp³-hybridized carbons (Fsp3) is 0.310. The Hall–Kier alpha value is -2.49. The zero-order chi connectivity index (χ0) is 30.3. The van der Waals surface area contributed by atoms with Crippen LogP contribution >= 0.6 is 46.4 Å². The Morgan fingerprint density at radius 3 is 2.22 bits per heavy atom. The number of aryl methyl sites for hydroxylation is 1. The number of hydrogen-bond acceptors (Lipinski definition) is 4. The smallest absolute Gasteiger partial charge is 0.264 e. The van der Waals surface area contributed by atoms with Crippen molar-refractivity contribution in [3.8, 4) is 0 Å². The Kier molecular flexibility index (Phi) is 11.8. The van der Waals surface area contributed by atoms with Crippen LogP contribution in [0.3, 0.4) is 0 Å². The molecule has 0 aromatic heterocycles. The molecular formula is C29H31Cl4N3O4S. The number of anilines is 1. The van der Waals surface area contributed by atoms with Gasteiger partial charge in [-0.2, -0.15) is 0 Å². The third-order valence-corrected chi connectivity index (χ3v) is 9.55. The maximum Gasteiger partial charge on any atom is 0.264 e. The van der Waals surface area contributed by atoms with Crippen molar-refractivity contribution in [2.45, 2.75) is 51.1 Å². The molecule has 220 valence electrons. The molecule has 3 aromatic carbocycles. The molecule has 3 aromatic rings. The summed E-state index contributed by atoms with van der Waals surface area (Å²) >= 11 is 25.2. The molecule has 7 nitrogen and oxygen atoms in total. The van der Waals surface area contributed by atoms with Gasteiger partial charge in [0.2, 0.25) is 11.8 Å². The highest BCUT2D eigenvalue weighted by atomic mass is 35.5. The van der Waals surface area contributed by atoms with Gasteiger partial charge in [0.25, 0.3) is 10.0 Å². The Morgan fingerprint density at radius 1 is 0.927 bits per heavy atom. The molecular weight excluding hydrogens is 628 g/mol. The average molecular weight is 659 g/mol. The van der Waals surface area contributed by atoms with E-state index in [0.29, 0.717) is 28.6 Å². The highest BCUT2D eigenvalue weighted by Gasteiger charge is 2.34. The van der Waals surface area contributed by atoms with Gasteiger partial charge < -0.3 is 10.2 Å². The number of halogens is 4. The predicted octanol–water partition coefficient (Wildman–Crippen LogP) is 7.14. The van der Waals surface area contributed by atoms with Crippen LogP contribution in [0.2, 0.25) is 20.1 Å². The van der Waals surface area contributed by atoms with Crippen molar-refractivity contribution in [2.75, 3.05) is 17.4 Å². The number of sulfonamides is 1. The van der Waals surface area contributed by atoms with E-state index in [4.69, 9.17) is 46.4 Å². The molecule has 0 aliphatic carbocycles.